The van der Waals surface area contributed by atoms with Crippen LogP contribution in [0.1, 0.15) is 81.1 Å². The van der Waals surface area contributed by atoms with Crippen LogP contribution < -0.4 is 0 Å². The Labute approximate surface area is 228 Å². The number of hydrogen-bond acceptors (Lipinski definition) is 4. The lowest BCUT2D eigenvalue weighted by molar-refractivity contribution is -0.0318. The van der Waals surface area contributed by atoms with Crippen molar-refractivity contribution in [3.05, 3.63) is 142 Å². The molecular weight excluding hydrogens is 484 g/mol. The predicted molar refractivity (Wildman–Crippen MR) is 149 cm³/mol. The number of ether oxygens (including phenoxy) is 2. The number of esters is 2. The summed E-state index contributed by atoms with van der Waals surface area (Å²) in [6.07, 6.45) is -1.25. The van der Waals surface area contributed by atoms with Gasteiger partial charge in [-0.1, -0.05) is 99.6 Å². The molecule has 3 aliphatic rings. The molecule has 4 aromatic carbocycles. The van der Waals surface area contributed by atoms with Gasteiger partial charge in [-0.15, -0.1) is 0 Å². The van der Waals surface area contributed by atoms with E-state index in [-0.39, 0.29) is 22.7 Å². The molecule has 0 aromatic heterocycles. The Morgan fingerprint density at radius 3 is 1.72 bits per heavy atom. The van der Waals surface area contributed by atoms with Gasteiger partial charge in [0, 0.05) is 17.3 Å². The Hall–Kier alpha value is -4.18. The number of benzene rings is 4. The topological polar surface area (TPSA) is 52.6 Å². The van der Waals surface area contributed by atoms with E-state index in [0.29, 0.717) is 11.1 Å². The zero-order valence-corrected chi connectivity index (χ0v) is 22.3. The van der Waals surface area contributed by atoms with Gasteiger partial charge in [0.15, 0.2) is 0 Å². The Kier molecular flexibility index (Phi) is 5.15. The molecule has 0 saturated heterocycles. The number of carbonyl (C=O) groups is 2. The van der Waals surface area contributed by atoms with Gasteiger partial charge in [-0.25, -0.2) is 9.59 Å². The molecule has 3 unspecified atom stereocenters. The van der Waals surface area contributed by atoms with Crippen molar-refractivity contribution in [1.29, 1.82) is 0 Å². The van der Waals surface area contributed by atoms with E-state index in [4.69, 9.17) is 9.47 Å². The molecule has 0 heterocycles. The van der Waals surface area contributed by atoms with E-state index < -0.39 is 24.1 Å². The van der Waals surface area contributed by atoms with Gasteiger partial charge in [-0.3, -0.25) is 0 Å². The summed E-state index contributed by atoms with van der Waals surface area (Å²) in [6.45, 7) is 6.64. The van der Waals surface area contributed by atoms with Gasteiger partial charge in [-0.2, -0.15) is 0 Å². The van der Waals surface area contributed by atoms with E-state index in [1.165, 1.54) is 27.8 Å². The average Bonchev–Trinajstić information content (AvgIpc) is 3.12. The van der Waals surface area contributed by atoms with Crippen molar-refractivity contribution >= 4 is 11.9 Å². The Bertz CT molecular complexity index is 1600. The maximum Gasteiger partial charge on any atom is 0.338 e. The fourth-order valence-corrected chi connectivity index (χ4v) is 7.43. The van der Waals surface area contributed by atoms with E-state index in [0.717, 1.165) is 0 Å². The van der Waals surface area contributed by atoms with Crippen LogP contribution in [0.3, 0.4) is 0 Å². The van der Waals surface area contributed by atoms with Crippen molar-refractivity contribution in [3.8, 4) is 0 Å². The lowest BCUT2D eigenvalue weighted by Gasteiger charge is -2.59. The van der Waals surface area contributed by atoms with Crippen LogP contribution >= 0.6 is 0 Å². The molecule has 0 N–H and O–H groups in total. The highest BCUT2D eigenvalue weighted by atomic mass is 16.6. The van der Waals surface area contributed by atoms with Crippen LogP contribution in [0.15, 0.2) is 103 Å². The number of fused-ring (bicyclic) bond motifs is 4. The molecule has 5 atom stereocenters. The molecule has 0 aliphatic heterocycles. The molecule has 0 bridgehead atoms. The smallest absolute Gasteiger partial charge is 0.338 e. The second-order valence-corrected chi connectivity index (χ2v) is 11.9. The van der Waals surface area contributed by atoms with Gasteiger partial charge in [0.25, 0.3) is 0 Å². The molecule has 1 saturated carbocycles. The first kappa shape index (κ1) is 23.9. The Morgan fingerprint density at radius 2 is 1.13 bits per heavy atom. The van der Waals surface area contributed by atoms with Gasteiger partial charge in [-0.05, 0) is 57.5 Å². The third-order valence-electron chi connectivity index (χ3n) is 8.88. The summed E-state index contributed by atoms with van der Waals surface area (Å²) in [5, 5.41) is 0. The second kappa shape index (κ2) is 8.41. The monoisotopic (exact) mass is 514 g/mol. The summed E-state index contributed by atoms with van der Waals surface area (Å²) in [5.74, 6) is -1.00. The zero-order chi connectivity index (χ0) is 26.9. The third kappa shape index (κ3) is 3.24. The van der Waals surface area contributed by atoms with E-state index >= 15 is 0 Å². The first-order valence-electron chi connectivity index (χ1n) is 13.6. The second-order valence-electron chi connectivity index (χ2n) is 11.9. The first-order chi connectivity index (χ1) is 18.8. The Balaban J connectivity index is 1.39. The van der Waals surface area contributed by atoms with Crippen LogP contribution in [0.5, 0.6) is 0 Å². The largest absolute Gasteiger partial charge is 0.454 e. The lowest BCUT2D eigenvalue weighted by atomic mass is 9.42. The van der Waals surface area contributed by atoms with Crippen molar-refractivity contribution < 1.29 is 19.1 Å². The number of rotatable bonds is 4. The average molecular weight is 515 g/mol. The molecular formula is C35H30O4. The molecule has 39 heavy (non-hydrogen) atoms. The molecule has 0 amide bonds. The third-order valence-corrected chi connectivity index (χ3v) is 8.88. The van der Waals surface area contributed by atoms with Crippen LogP contribution in [0, 0.1) is 0 Å². The summed E-state index contributed by atoms with van der Waals surface area (Å²) < 4.78 is 12.7. The van der Waals surface area contributed by atoms with E-state index in [1.54, 1.807) is 24.3 Å². The number of hydrogen-bond donors (Lipinski definition) is 0. The van der Waals surface area contributed by atoms with Crippen molar-refractivity contribution in [1.82, 2.24) is 0 Å². The molecule has 4 heteroatoms. The lowest BCUT2D eigenvalue weighted by Crippen LogP contribution is -2.54. The summed E-state index contributed by atoms with van der Waals surface area (Å²) in [6, 6.07) is 33.0. The van der Waals surface area contributed by atoms with E-state index in [9.17, 15) is 9.59 Å². The predicted octanol–water partition coefficient (Wildman–Crippen LogP) is 6.93. The van der Waals surface area contributed by atoms with Gasteiger partial charge < -0.3 is 9.47 Å². The Morgan fingerprint density at radius 1 is 0.615 bits per heavy atom. The van der Waals surface area contributed by atoms with Crippen LogP contribution in [0.4, 0.5) is 0 Å². The fourth-order valence-electron chi connectivity index (χ4n) is 7.43. The van der Waals surface area contributed by atoms with Crippen LogP contribution in [-0.4, -0.2) is 24.1 Å². The first-order valence-corrected chi connectivity index (χ1v) is 13.6. The van der Waals surface area contributed by atoms with Crippen molar-refractivity contribution in [2.24, 2.45) is 0 Å². The van der Waals surface area contributed by atoms with Crippen LogP contribution in [-0.2, 0) is 20.3 Å². The van der Waals surface area contributed by atoms with Gasteiger partial charge in [0.2, 0.25) is 0 Å². The summed E-state index contributed by atoms with van der Waals surface area (Å²) in [7, 11) is 0. The van der Waals surface area contributed by atoms with Crippen molar-refractivity contribution in [2.45, 2.75) is 55.6 Å². The molecule has 3 aliphatic carbocycles. The van der Waals surface area contributed by atoms with Crippen molar-refractivity contribution in [3.63, 3.8) is 0 Å². The fraction of sp³-hybridized carbons (Fsp3) is 0.257. The van der Waals surface area contributed by atoms with E-state index in [2.05, 4.69) is 57.2 Å². The summed E-state index contributed by atoms with van der Waals surface area (Å²) in [4.78, 5) is 27.0. The molecule has 0 radical (unpaired) electrons. The van der Waals surface area contributed by atoms with Gasteiger partial charge in [0.05, 0.1) is 11.1 Å². The minimum absolute atomic E-state index is 0.0948. The highest BCUT2D eigenvalue weighted by Crippen LogP contribution is 2.77. The maximum absolute atomic E-state index is 13.5. The molecule has 4 aromatic rings. The standard InChI is InChI=1S/C35H30O4/c1-34(2,3)25-19-12-20-26-27(25)29-31(39-33(37)22-15-8-5-9-16-22)30(38-32(36)21-13-6-4-7-14-21)28-23-17-10-11-18-24(23)35(26,28)29/h4-20,28-31H,1-3H3/t28?,29-,30?,31?,35-/m1/s1. The molecule has 7 rings (SSSR count). The molecule has 1 fully saturated rings. The minimum atomic E-state index is -0.626. The maximum atomic E-state index is 13.5. The van der Waals surface area contributed by atoms with Gasteiger partial charge >= 0.3 is 11.9 Å². The summed E-state index contributed by atoms with van der Waals surface area (Å²) in [5.41, 5.74) is 6.68. The SMILES string of the molecule is CC(C)(C)c1cccc2c1[C@@H]1C(OC(=O)c3ccccc3)C(OC(=O)c3ccccc3)C3c4ccccc4[C@@]231. The normalized spacial score (nSPS) is 25.6. The molecule has 4 nitrogen and oxygen atoms in total. The minimum Gasteiger partial charge on any atom is -0.454 e. The van der Waals surface area contributed by atoms with Gasteiger partial charge in [0.1, 0.15) is 12.2 Å². The summed E-state index contributed by atoms with van der Waals surface area (Å²) >= 11 is 0. The highest BCUT2D eigenvalue weighted by Gasteiger charge is 2.76. The van der Waals surface area contributed by atoms with Crippen LogP contribution in [0.2, 0.25) is 0 Å². The molecule has 1 spiro atoms. The molecule has 194 valence electrons. The van der Waals surface area contributed by atoms with Crippen molar-refractivity contribution in [2.75, 3.05) is 0 Å². The quantitative estimate of drug-likeness (QED) is 0.277. The van der Waals surface area contributed by atoms with Crippen LogP contribution in [0.25, 0.3) is 0 Å². The van der Waals surface area contributed by atoms with E-state index in [1.807, 2.05) is 42.5 Å². The highest BCUT2D eigenvalue weighted by molar-refractivity contribution is 5.91. The zero-order valence-electron chi connectivity index (χ0n) is 22.3. The number of carbonyl (C=O) groups excluding carboxylic acids is 2.